The molecule has 40 heavy (non-hydrogen) atoms. The summed E-state index contributed by atoms with van der Waals surface area (Å²) in [5, 5.41) is 11.5. The van der Waals surface area contributed by atoms with Crippen molar-refractivity contribution >= 4 is 23.2 Å². The molecule has 0 N–H and O–H groups in total. The van der Waals surface area contributed by atoms with Crippen molar-refractivity contribution in [3.05, 3.63) is 123 Å². The molecule has 0 fully saturated rings. The normalized spacial score (nSPS) is 13.9. The molecule has 2 heterocycles. The fourth-order valence-corrected chi connectivity index (χ4v) is 5.29. The number of anilines is 1. The molecule has 0 bridgehead atoms. The van der Waals surface area contributed by atoms with Crippen molar-refractivity contribution < 1.29 is 14.5 Å². The molecule has 1 unspecified atom stereocenters. The summed E-state index contributed by atoms with van der Waals surface area (Å²) in [6, 6.07) is 24.0. The lowest BCUT2D eigenvalue weighted by molar-refractivity contribution is -0.385. The van der Waals surface area contributed by atoms with E-state index in [2.05, 4.69) is 4.57 Å². The summed E-state index contributed by atoms with van der Waals surface area (Å²) in [5.41, 5.74) is 5.26. The van der Waals surface area contributed by atoms with Crippen LogP contribution in [0.25, 0.3) is 5.69 Å². The van der Waals surface area contributed by atoms with Gasteiger partial charge in [0.1, 0.15) is 12.6 Å². The van der Waals surface area contributed by atoms with E-state index in [0.717, 1.165) is 34.6 Å². The molecule has 8 nitrogen and oxygen atoms in total. The minimum atomic E-state index is -0.487. The van der Waals surface area contributed by atoms with Crippen LogP contribution in [0.2, 0.25) is 0 Å². The average Bonchev–Trinajstić information content (AvgIpc) is 3.45. The number of rotatable bonds is 8. The molecular formula is C32H32N4O4. The van der Waals surface area contributed by atoms with Gasteiger partial charge in [0, 0.05) is 29.9 Å². The number of unbranched alkanes of at least 4 members (excludes halogenated alkanes) is 1. The lowest BCUT2D eigenvalue weighted by Gasteiger charge is -2.39. The van der Waals surface area contributed by atoms with Gasteiger partial charge in [-0.25, -0.2) is 0 Å². The Balaban J connectivity index is 1.55. The Hall–Kier alpha value is -4.72. The van der Waals surface area contributed by atoms with Gasteiger partial charge in [-0.1, -0.05) is 61.4 Å². The van der Waals surface area contributed by atoms with Gasteiger partial charge in [-0.05, 0) is 56.2 Å². The van der Waals surface area contributed by atoms with Gasteiger partial charge in [0.05, 0.1) is 22.0 Å². The molecule has 1 aliphatic heterocycles. The zero-order valence-electron chi connectivity index (χ0n) is 22.9. The second kappa shape index (κ2) is 11.2. The molecule has 1 atom stereocenters. The third-order valence-corrected chi connectivity index (χ3v) is 7.43. The lowest BCUT2D eigenvalue weighted by Crippen LogP contribution is -2.47. The van der Waals surface area contributed by atoms with E-state index in [9.17, 15) is 19.7 Å². The number of para-hydroxylation sites is 2. The summed E-state index contributed by atoms with van der Waals surface area (Å²) < 4.78 is 2.11. The summed E-state index contributed by atoms with van der Waals surface area (Å²) in [7, 11) is 0. The van der Waals surface area contributed by atoms with E-state index in [1.165, 1.54) is 11.0 Å². The number of fused-ring (bicyclic) bond motifs is 3. The number of carbonyl (C=O) groups excluding carboxylic acids is 2. The van der Waals surface area contributed by atoms with Gasteiger partial charge < -0.3 is 9.47 Å². The summed E-state index contributed by atoms with van der Waals surface area (Å²) in [6.07, 6.45) is 3.53. The number of aryl methyl sites for hydroxylation is 2. The molecule has 0 saturated carbocycles. The molecule has 1 aromatic heterocycles. The van der Waals surface area contributed by atoms with Crippen molar-refractivity contribution in [1.82, 2.24) is 9.47 Å². The monoisotopic (exact) mass is 536 g/mol. The van der Waals surface area contributed by atoms with Crippen molar-refractivity contribution in [3.8, 4) is 5.69 Å². The topological polar surface area (TPSA) is 88.7 Å². The molecule has 0 radical (unpaired) electrons. The van der Waals surface area contributed by atoms with Gasteiger partial charge in [0.2, 0.25) is 5.91 Å². The second-order valence-corrected chi connectivity index (χ2v) is 10.2. The average molecular weight is 537 g/mol. The van der Waals surface area contributed by atoms with Gasteiger partial charge >= 0.3 is 0 Å². The smallest absolute Gasteiger partial charge is 0.273 e. The number of carbonyl (C=O) groups is 2. The number of nitro groups is 1. The minimum Gasteiger partial charge on any atom is -0.329 e. The molecule has 204 valence electrons. The maximum Gasteiger partial charge on any atom is 0.273 e. The van der Waals surface area contributed by atoms with Gasteiger partial charge in [0.25, 0.3) is 11.6 Å². The maximum atomic E-state index is 14.3. The predicted octanol–water partition coefficient (Wildman–Crippen LogP) is 6.38. The van der Waals surface area contributed by atoms with E-state index in [1.54, 1.807) is 24.0 Å². The third kappa shape index (κ3) is 5.00. The van der Waals surface area contributed by atoms with Crippen LogP contribution in [0.4, 0.5) is 11.4 Å². The van der Waals surface area contributed by atoms with Crippen LogP contribution in [0.15, 0.2) is 85.1 Å². The van der Waals surface area contributed by atoms with Crippen LogP contribution in [0.1, 0.15) is 58.5 Å². The largest absolute Gasteiger partial charge is 0.329 e. The van der Waals surface area contributed by atoms with Crippen LogP contribution in [-0.4, -0.2) is 39.3 Å². The van der Waals surface area contributed by atoms with Crippen molar-refractivity contribution in [2.75, 3.05) is 18.0 Å². The van der Waals surface area contributed by atoms with Gasteiger partial charge in [-0.3, -0.25) is 24.6 Å². The molecule has 0 saturated heterocycles. The van der Waals surface area contributed by atoms with E-state index in [-0.39, 0.29) is 29.7 Å². The fourth-order valence-electron chi connectivity index (χ4n) is 5.29. The van der Waals surface area contributed by atoms with Crippen LogP contribution in [0.5, 0.6) is 0 Å². The van der Waals surface area contributed by atoms with Gasteiger partial charge in [0.15, 0.2) is 0 Å². The first-order valence-corrected chi connectivity index (χ1v) is 13.5. The van der Waals surface area contributed by atoms with Gasteiger partial charge in [-0.15, -0.1) is 0 Å². The molecule has 0 spiro atoms. The fraction of sp³-hybridized carbons (Fsp3) is 0.250. The molecule has 0 aliphatic carbocycles. The van der Waals surface area contributed by atoms with Crippen molar-refractivity contribution in [1.29, 1.82) is 0 Å². The van der Waals surface area contributed by atoms with Crippen LogP contribution in [-0.2, 0) is 4.79 Å². The summed E-state index contributed by atoms with van der Waals surface area (Å²) >= 11 is 0. The molecule has 3 aromatic carbocycles. The third-order valence-electron chi connectivity index (χ3n) is 7.43. The van der Waals surface area contributed by atoms with Crippen molar-refractivity contribution in [3.63, 3.8) is 0 Å². The number of hydrogen-bond donors (Lipinski definition) is 0. The Morgan fingerprint density at radius 3 is 2.38 bits per heavy atom. The van der Waals surface area contributed by atoms with E-state index >= 15 is 0 Å². The van der Waals surface area contributed by atoms with E-state index in [4.69, 9.17) is 0 Å². The SMILES string of the molecule is CCCCN(CC(=O)N1c2ccccc2-n2cccc2C1c1ccc(C)cc1)C(=O)c1ccc(C)c([N+](=O)[O-])c1. The van der Waals surface area contributed by atoms with Crippen LogP contribution in [0.3, 0.4) is 0 Å². The Kier molecular flexibility index (Phi) is 7.51. The molecule has 8 heteroatoms. The van der Waals surface area contributed by atoms with Crippen LogP contribution < -0.4 is 4.90 Å². The number of nitrogens with zero attached hydrogens (tertiary/aromatic N) is 4. The maximum absolute atomic E-state index is 14.3. The standard InChI is InChI=1S/C32H32N4O4/c1-4-5-18-33(32(38)25-17-14-23(3)29(20-25)36(39)40)21-30(37)35-27-10-7-6-9-26(27)34-19-8-11-28(34)31(35)24-15-12-22(2)13-16-24/h6-17,19-20,31H,4-5,18,21H2,1-3H3. The number of hydrogen-bond acceptors (Lipinski definition) is 4. The highest BCUT2D eigenvalue weighted by Crippen LogP contribution is 2.42. The highest BCUT2D eigenvalue weighted by molar-refractivity contribution is 6.03. The molecule has 1 aliphatic rings. The number of aromatic nitrogens is 1. The second-order valence-electron chi connectivity index (χ2n) is 10.2. The van der Waals surface area contributed by atoms with E-state index in [0.29, 0.717) is 18.5 Å². The van der Waals surface area contributed by atoms with E-state index in [1.807, 2.05) is 80.7 Å². The molecule has 5 rings (SSSR count). The van der Waals surface area contributed by atoms with E-state index < -0.39 is 10.8 Å². The van der Waals surface area contributed by atoms with Crippen LogP contribution >= 0.6 is 0 Å². The first kappa shape index (κ1) is 26.9. The Morgan fingerprint density at radius 2 is 1.68 bits per heavy atom. The first-order chi connectivity index (χ1) is 19.3. The summed E-state index contributed by atoms with van der Waals surface area (Å²) in [4.78, 5) is 42.3. The first-order valence-electron chi connectivity index (χ1n) is 13.5. The summed E-state index contributed by atoms with van der Waals surface area (Å²) in [6.45, 7) is 5.89. The zero-order valence-corrected chi connectivity index (χ0v) is 22.9. The van der Waals surface area contributed by atoms with Crippen molar-refractivity contribution in [2.24, 2.45) is 0 Å². The Labute approximate surface area is 233 Å². The number of amides is 2. The van der Waals surface area contributed by atoms with Gasteiger partial charge in [-0.2, -0.15) is 0 Å². The zero-order chi connectivity index (χ0) is 28.4. The highest BCUT2D eigenvalue weighted by atomic mass is 16.6. The number of nitro benzene ring substituents is 1. The van der Waals surface area contributed by atoms with Crippen LogP contribution in [0, 0.1) is 24.0 Å². The number of benzene rings is 3. The minimum absolute atomic E-state index is 0.113. The lowest BCUT2D eigenvalue weighted by atomic mass is 9.97. The summed E-state index contributed by atoms with van der Waals surface area (Å²) in [5.74, 6) is -0.623. The highest BCUT2D eigenvalue weighted by Gasteiger charge is 2.37. The Morgan fingerprint density at radius 1 is 0.950 bits per heavy atom. The quantitative estimate of drug-likeness (QED) is 0.193. The molecular weight excluding hydrogens is 504 g/mol. The Bertz CT molecular complexity index is 1570. The predicted molar refractivity (Wildman–Crippen MR) is 155 cm³/mol. The molecule has 4 aromatic rings. The molecule has 2 amide bonds. The van der Waals surface area contributed by atoms with Crippen molar-refractivity contribution in [2.45, 2.75) is 39.7 Å².